The molecule has 0 saturated heterocycles. The maximum absolute atomic E-state index is 11.8. The van der Waals surface area contributed by atoms with Gasteiger partial charge in [0, 0.05) is 16.6 Å². The minimum Gasteiger partial charge on any atom is -0.322 e. The van der Waals surface area contributed by atoms with Gasteiger partial charge in [-0.2, -0.15) is 0 Å². The summed E-state index contributed by atoms with van der Waals surface area (Å²) in [5.74, 6) is -0.136. The van der Waals surface area contributed by atoms with Crippen molar-refractivity contribution in [3.63, 3.8) is 0 Å². The highest BCUT2D eigenvalue weighted by Gasteiger charge is 2.01. The number of carbonyl (C=O) groups excluding carboxylic acids is 1. The van der Waals surface area contributed by atoms with Crippen LogP contribution in [0.25, 0.3) is 16.3 Å². The molecule has 0 aliphatic rings. The van der Waals surface area contributed by atoms with Gasteiger partial charge >= 0.3 is 0 Å². The second-order valence-corrected chi connectivity index (χ2v) is 5.74. The van der Waals surface area contributed by atoms with Crippen LogP contribution in [0.4, 0.5) is 5.69 Å². The third-order valence-electron chi connectivity index (χ3n) is 2.54. The molecule has 3 rings (SSSR count). The SMILES string of the molecule is O=C(/C=C/c1cccs1)Nc1ccc2scnc2c1. The Kier molecular flexibility index (Phi) is 3.39. The number of rotatable bonds is 3. The normalized spacial score (nSPS) is 11.2. The first-order chi connectivity index (χ1) is 9.31. The Hall–Kier alpha value is -1.98. The average molecular weight is 286 g/mol. The summed E-state index contributed by atoms with van der Waals surface area (Å²) in [7, 11) is 0. The van der Waals surface area contributed by atoms with E-state index in [-0.39, 0.29) is 5.91 Å². The monoisotopic (exact) mass is 286 g/mol. The molecule has 1 amide bonds. The number of benzene rings is 1. The second kappa shape index (κ2) is 5.34. The van der Waals surface area contributed by atoms with Gasteiger partial charge in [0.2, 0.25) is 5.91 Å². The summed E-state index contributed by atoms with van der Waals surface area (Å²) in [6.07, 6.45) is 3.35. The molecule has 2 heterocycles. The largest absolute Gasteiger partial charge is 0.322 e. The summed E-state index contributed by atoms with van der Waals surface area (Å²) in [6, 6.07) is 9.65. The summed E-state index contributed by atoms with van der Waals surface area (Å²) in [5.41, 5.74) is 3.47. The molecule has 0 radical (unpaired) electrons. The smallest absolute Gasteiger partial charge is 0.248 e. The predicted octanol–water partition coefficient (Wildman–Crippen LogP) is 4.01. The average Bonchev–Trinajstić information content (AvgIpc) is 3.07. The fourth-order valence-electron chi connectivity index (χ4n) is 1.66. The van der Waals surface area contributed by atoms with Crippen LogP contribution >= 0.6 is 22.7 Å². The number of hydrogen-bond acceptors (Lipinski definition) is 4. The van der Waals surface area contributed by atoms with Gasteiger partial charge < -0.3 is 5.32 Å². The fraction of sp³-hybridized carbons (Fsp3) is 0. The molecule has 0 saturated carbocycles. The topological polar surface area (TPSA) is 42.0 Å². The quantitative estimate of drug-likeness (QED) is 0.739. The second-order valence-electron chi connectivity index (χ2n) is 3.87. The van der Waals surface area contributed by atoms with E-state index in [2.05, 4.69) is 10.3 Å². The maximum atomic E-state index is 11.8. The molecule has 0 fully saturated rings. The molecule has 0 aliphatic carbocycles. The van der Waals surface area contributed by atoms with Crippen LogP contribution in [0.2, 0.25) is 0 Å². The van der Waals surface area contributed by atoms with E-state index in [0.717, 1.165) is 20.8 Å². The summed E-state index contributed by atoms with van der Waals surface area (Å²) in [4.78, 5) is 17.1. The van der Waals surface area contributed by atoms with Crippen LogP contribution in [0.1, 0.15) is 4.88 Å². The van der Waals surface area contributed by atoms with Gasteiger partial charge in [-0.3, -0.25) is 4.79 Å². The van der Waals surface area contributed by atoms with Crippen molar-refractivity contribution in [2.45, 2.75) is 0 Å². The van der Waals surface area contributed by atoms with Crippen molar-refractivity contribution >= 4 is 50.6 Å². The van der Waals surface area contributed by atoms with Crippen LogP contribution in [0.3, 0.4) is 0 Å². The lowest BCUT2D eigenvalue weighted by molar-refractivity contribution is -0.111. The number of nitrogens with one attached hydrogen (secondary N) is 1. The standard InChI is InChI=1S/C14H10N2OS2/c17-14(6-4-11-2-1-7-18-11)16-10-3-5-13-12(8-10)15-9-19-13/h1-9H,(H,16,17)/b6-4+. The van der Waals surface area contributed by atoms with E-state index in [1.807, 2.05) is 35.7 Å². The van der Waals surface area contributed by atoms with Gasteiger partial charge in [-0.05, 0) is 35.7 Å². The molecule has 0 aliphatic heterocycles. The Morgan fingerprint density at radius 1 is 1.26 bits per heavy atom. The maximum Gasteiger partial charge on any atom is 0.248 e. The van der Waals surface area contributed by atoms with Crippen LogP contribution in [-0.2, 0) is 4.79 Å². The molecule has 2 aromatic heterocycles. The zero-order chi connectivity index (χ0) is 13.1. The summed E-state index contributed by atoms with van der Waals surface area (Å²) in [6.45, 7) is 0. The number of thiophene rings is 1. The Balaban J connectivity index is 1.71. The van der Waals surface area contributed by atoms with Gasteiger partial charge in [-0.25, -0.2) is 4.98 Å². The molecule has 0 unspecified atom stereocenters. The van der Waals surface area contributed by atoms with E-state index in [9.17, 15) is 4.79 Å². The highest BCUT2D eigenvalue weighted by molar-refractivity contribution is 7.16. The number of carbonyl (C=O) groups is 1. The van der Waals surface area contributed by atoms with Crippen molar-refractivity contribution in [2.24, 2.45) is 0 Å². The zero-order valence-corrected chi connectivity index (χ0v) is 11.5. The van der Waals surface area contributed by atoms with Crippen LogP contribution in [0.15, 0.2) is 47.3 Å². The minimum absolute atomic E-state index is 0.136. The molecule has 0 atom stereocenters. The Morgan fingerprint density at radius 2 is 2.21 bits per heavy atom. The number of aromatic nitrogens is 1. The fourth-order valence-corrected chi connectivity index (χ4v) is 2.94. The van der Waals surface area contributed by atoms with E-state index in [1.54, 1.807) is 34.3 Å². The third-order valence-corrected chi connectivity index (χ3v) is 4.19. The Bertz CT molecular complexity index is 729. The first-order valence-corrected chi connectivity index (χ1v) is 7.43. The molecule has 1 N–H and O–H groups in total. The van der Waals surface area contributed by atoms with Crippen molar-refractivity contribution < 1.29 is 4.79 Å². The van der Waals surface area contributed by atoms with Gasteiger partial charge in [-0.1, -0.05) is 6.07 Å². The summed E-state index contributed by atoms with van der Waals surface area (Å²) in [5, 5.41) is 4.81. The van der Waals surface area contributed by atoms with Gasteiger partial charge in [-0.15, -0.1) is 22.7 Å². The third kappa shape index (κ3) is 2.89. The highest BCUT2D eigenvalue weighted by Crippen LogP contribution is 2.21. The van der Waals surface area contributed by atoms with Crippen LogP contribution in [0, 0.1) is 0 Å². The van der Waals surface area contributed by atoms with Crippen molar-refractivity contribution in [1.82, 2.24) is 4.98 Å². The van der Waals surface area contributed by atoms with E-state index < -0.39 is 0 Å². The van der Waals surface area contributed by atoms with Crippen molar-refractivity contribution in [2.75, 3.05) is 5.32 Å². The number of hydrogen-bond donors (Lipinski definition) is 1. The van der Waals surface area contributed by atoms with E-state index in [4.69, 9.17) is 0 Å². The summed E-state index contributed by atoms with van der Waals surface area (Å²) >= 11 is 3.19. The van der Waals surface area contributed by atoms with Crippen LogP contribution < -0.4 is 5.32 Å². The number of amides is 1. The molecule has 1 aromatic carbocycles. The molecule has 3 aromatic rings. The Morgan fingerprint density at radius 3 is 3.05 bits per heavy atom. The Labute approximate surface area is 118 Å². The lowest BCUT2D eigenvalue weighted by Crippen LogP contribution is -2.07. The van der Waals surface area contributed by atoms with Crippen molar-refractivity contribution in [1.29, 1.82) is 0 Å². The van der Waals surface area contributed by atoms with E-state index in [1.165, 1.54) is 6.08 Å². The molecule has 19 heavy (non-hydrogen) atoms. The molecule has 0 bridgehead atoms. The molecular formula is C14H10N2OS2. The van der Waals surface area contributed by atoms with Crippen LogP contribution in [0.5, 0.6) is 0 Å². The first kappa shape index (κ1) is 12.1. The lowest BCUT2D eigenvalue weighted by Gasteiger charge is -2.01. The van der Waals surface area contributed by atoms with Gasteiger partial charge in [0.1, 0.15) is 0 Å². The number of fused-ring (bicyclic) bond motifs is 1. The lowest BCUT2D eigenvalue weighted by atomic mass is 10.3. The molecule has 0 spiro atoms. The van der Waals surface area contributed by atoms with Crippen molar-refractivity contribution in [3.8, 4) is 0 Å². The number of thiazole rings is 1. The van der Waals surface area contributed by atoms with Crippen LogP contribution in [-0.4, -0.2) is 10.9 Å². The first-order valence-electron chi connectivity index (χ1n) is 5.67. The van der Waals surface area contributed by atoms with E-state index in [0.29, 0.717) is 0 Å². The molecule has 5 heteroatoms. The predicted molar refractivity (Wildman–Crippen MR) is 81.6 cm³/mol. The van der Waals surface area contributed by atoms with E-state index >= 15 is 0 Å². The van der Waals surface area contributed by atoms with Gasteiger partial charge in [0.15, 0.2) is 0 Å². The number of nitrogens with zero attached hydrogens (tertiary/aromatic N) is 1. The van der Waals surface area contributed by atoms with Gasteiger partial charge in [0.05, 0.1) is 15.7 Å². The van der Waals surface area contributed by atoms with Gasteiger partial charge in [0.25, 0.3) is 0 Å². The zero-order valence-electron chi connectivity index (χ0n) is 9.87. The molecule has 94 valence electrons. The number of anilines is 1. The summed E-state index contributed by atoms with van der Waals surface area (Å²) < 4.78 is 1.12. The molecular weight excluding hydrogens is 276 g/mol. The minimum atomic E-state index is -0.136. The molecule has 3 nitrogen and oxygen atoms in total. The highest BCUT2D eigenvalue weighted by atomic mass is 32.1. The van der Waals surface area contributed by atoms with Crippen molar-refractivity contribution in [3.05, 3.63) is 52.2 Å².